The summed E-state index contributed by atoms with van der Waals surface area (Å²) in [4.78, 5) is 0. The molecule has 30 heavy (non-hydrogen) atoms. The summed E-state index contributed by atoms with van der Waals surface area (Å²) in [6.45, 7) is 2.71. The zero-order valence-corrected chi connectivity index (χ0v) is 16.7. The number of rotatable bonds is 4. The van der Waals surface area contributed by atoms with Crippen molar-refractivity contribution in [3.05, 3.63) is 102 Å². The fourth-order valence-corrected chi connectivity index (χ4v) is 4.36. The van der Waals surface area contributed by atoms with Crippen LogP contribution >= 0.6 is 0 Å². The highest BCUT2D eigenvalue weighted by atomic mass is 16.5. The Labute approximate surface area is 175 Å². The molecular weight excluding hydrogens is 368 g/mol. The van der Waals surface area contributed by atoms with Crippen LogP contribution in [0.4, 0.5) is 0 Å². The highest BCUT2D eigenvalue weighted by Gasteiger charge is 2.17. The maximum atomic E-state index is 6.43. The molecule has 2 heteroatoms. The van der Waals surface area contributed by atoms with Crippen molar-refractivity contribution >= 4 is 21.5 Å². The van der Waals surface area contributed by atoms with E-state index in [-0.39, 0.29) is 0 Å². The first-order valence-electron chi connectivity index (χ1n) is 10.2. The summed E-state index contributed by atoms with van der Waals surface area (Å²) in [5, 5.41) is 4.81. The lowest BCUT2D eigenvalue weighted by Crippen LogP contribution is -1.99. The molecule has 0 radical (unpaired) electrons. The van der Waals surface area contributed by atoms with Crippen LogP contribution in [-0.4, -0.2) is 0 Å². The molecule has 2 nitrogen and oxygen atoms in total. The third kappa shape index (κ3) is 2.65. The van der Waals surface area contributed by atoms with Crippen LogP contribution in [0.3, 0.4) is 0 Å². The molecule has 2 bridgehead atoms. The van der Waals surface area contributed by atoms with Crippen LogP contribution in [0.2, 0.25) is 0 Å². The number of hydrogen-bond donors (Lipinski definition) is 0. The summed E-state index contributed by atoms with van der Waals surface area (Å²) in [6, 6.07) is 31.7. The third-order valence-corrected chi connectivity index (χ3v) is 5.98. The van der Waals surface area contributed by atoms with Crippen molar-refractivity contribution in [3.8, 4) is 28.4 Å². The lowest BCUT2D eigenvalue weighted by Gasteiger charge is -2.20. The van der Waals surface area contributed by atoms with Gasteiger partial charge in [0, 0.05) is 22.4 Å². The van der Waals surface area contributed by atoms with E-state index < -0.39 is 0 Å². The largest absolute Gasteiger partial charge is 0.488 e. The lowest BCUT2D eigenvalue weighted by molar-refractivity contribution is 0.314. The minimum atomic E-state index is 0.527. The highest BCUT2D eigenvalue weighted by Crippen LogP contribution is 2.43. The number of fused-ring (bicyclic) bond motifs is 4. The fraction of sp³-hybridized carbons (Fsp3) is 0.0714. The van der Waals surface area contributed by atoms with Crippen LogP contribution in [0, 0.1) is 6.92 Å². The first-order chi connectivity index (χ1) is 14.8. The van der Waals surface area contributed by atoms with Gasteiger partial charge in [0.2, 0.25) is 0 Å². The number of hydrogen-bond acceptors (Lipinski definition) is 2. The van der Waals surface area contributed by atoms with E-state index in [2.05, 4.69) is 91.9 Å². The minimum absolute atomic E-state index is 0.527. The van der Waals surface area contributed by atoms with Gasteiger partial charge in [0.25, 0.3) is 0 Å². The molecule has 0 saturated carbocycles. The van der Waals surface area contributed by atoms with Crippen LogP contribution in [0.25, 0.3) is 32.7 Å². The second-order valence-electron chi connectivity index (χ2n) is 7.79. The van der Waals surface area contributed by atoms with Crippen LogP contribution in [-0.2, 0) is 6.61 Å². The Bertz CT molecular complexity index is 1350. The summed E-state index contributed by atoms with van der Waals surface area (Å²) in [5.74, 6) is 2.85. The number of ether oxygens (including phenoxy) is 2. The van der Waals surface area contributed by atoms with E-state index in [1.165, 1.54) is 16.3 Å². The summed E-state index contributed by atoms with van der Waals surface area (Å²) < 4.78 is 12.0. The molecule has 0 spiro atoms. The molecule has 2 heterocycles. The van der Waals surface area contributed by atoms with Gasteiger partial charge in [-0.2, -0.15) is 0 Å². The van der Waals surface area contributed by atoms with Crippen molar-refractivity contribution in [2.24, 2.45) is 0 Å². The molecule has 0 aliphatic carbocycles. The summed E-state index contributed by atoms with van der Waals surface area (Å²) in [7, 11) is 0. The van der Waals surface area contributed by atoms with Gasteiger partial charge >= 0.3 is 0 Å². The van der Waals surface area contributed by atoms with E-state index in [1.54, 1.807) is 0 Å². The summed E-state index contributed by atoms with van der Waals surface area (Å²) in [5.41, 5.74) is 4.73. The quantitative estimate of drug-likeness (QED) is 0.289. The molecule has 5 aromatic rings. The van der Waals surface area contributed by atoms with Crippen LogP contribution in [0.1, 0.15) is 11.1 Å². The first-order valence-corrected chi connectivity index (χ1v) is 10.2. The highest BCUT2D eigenvalue weighted by molar-refractivity contribution is 6.08. The average Bonchev–Trinajstić information content (AvgIpc) is 2.79. The van der Waals surface area contributed by atoms with Gasteiger partial charge in [0.05, 0.1) is 0 Å². The normalized spacial score (nSPS) is 11.9. The topological polar surface area (TPSA) is 18.5 Å². The molecule has 0 atom stereocenters. The van der Waals surface area contributed by atoms with Crippen molar-refractivity contribution in [2.45, 2.75) is 13.5 Å². The predicted molar refractivity (Wildman–Crippen MR) is 122 cm³/mol. The van der Waals surface area contributed by atoms with Crippen molar-refractivity contribution < 1.29 is 9.47 Å². The lowest BCUT2D eigenvalue weighted by atomic mass is 9.96. The molecule has 0 amide bonds. The Kier molecular flexibility index (Phi) is 3.78. The van der Waals surface area contributed by atoms with Gasteiger partial charge in [-0.25, -0.2) is 0 Å². The van der Waals surface area contributed by atoms with Gasteiger partial charge in [0.1, 0.15) is 23.9 Å². The molecule has 0 aromatic heterocycles. The molecule has 2 aliphatic heterocycles. The zero-order chi connectivity index (χ0) is 20.1. The van der Waals surface area contributed by atoms with E-state index in [0.29, 0.717) is 6.61 Å². The van der Waals surface area contributed by atoms with Gasteiger partial charge in [-0.1, -0.05) is 72.8 Å². The summed E-state index contributed by atoms with van der Waals surface area (Å²) in [6.07, 6.45) is 0. The summed E-state index contributed by atoms with van der Waals surface area (Å²) >= 11 is 0. The fourth-order valence-electron chi connectivity index (χ4n) is 4.36. The van der Waals surface area contributed by atoms with E-state index >= 15 is 0 Å². The molecule has 0 N–H and O–H groups in total. The predicted octanol–water partition coefficient (Wildman–Crippen LogP) is 7.65. The number of benzene rings is 5. The molecule has 2 aliphatic rings. The van der Waals surface area contributed by atoms with Crippen LogP contribution in [0.15, 0.2) is 91.0 Å². The Morgan fingerprint density at radius 3 is 1.87 bits per heavy atom. The van der Waals surface area contributed by atoms with E-state index in [1.807, 2.05) is 6.07 Å². The van der Waals surface area contributed by atoms with Gasteiger partial charge in [0.15, 0.2) is 0 Å². The average molecular weight is 388 g/mol. The Hall–Kier alpha value is -3.78. The number of aryl methyl sites for hydroxylation is 1. The van der Waals surface area contributed by atoms with Gasteiger partial charge in [-0.3, -0.25) is 0 Å². The molecule has 0 unspecified atom stereocenters. The Morgan fingerprint density at radius 1 is 0.700 bits per heavy atom. The first kappa shape index (κ1) is 17.1. The third-order valence-electron chi connectivity index (χ3n) is 5.98. The Balaban J connectivity index is 1.34. The van der Waals surface area contributed by atoms with Crippen molar-refractivity contribution in [2.75, 3.05) is 0 Å². The second-order valence-corrected chi connectivity index (χ2v) is 7.79. The molecule has 0 saturated heterocycles. The molecule has 5 aromatic carbocycles. The van der Waals surface area contributed by atoms with Gasteiger partial charge < -0.3 is 9.47 Å². The standard InChI is InChI=1S/C28H20O2/c1-18-22-6-2-4-8-25(22)28(26-9-5-3-7-23(18)26)29-17-19-10-12-20(13-11-19)24-15-14-21-16-27(24)30-21/h2-16H,17H2,1H3. The van der Waals surface area contributed by atoms with Crippen molar-refractivity contribution in [1.29, 1.82) is 0 Å². The minimum Gasteiger partial charge on any atom is -0.488 e. The smallest absolute Gasteiger partial charge is 0.138 e. The van der Waals surface area contributed by atoms with E-state index in [9.17, 15) is 0 Å². The van der Waals surface area contributed by atoms with Gasteiger partial charge in [-0.15, -0.1) is 0 Å². The second kappa shape index (κ2) is 6.64. The molecule has 0 fully saturated rings. The van der Waals surface area contributed by atoms with Crippen molar-refractivity contribution in [1.82, 2.24) is 0 Å². The maximum Gasteiger partial charge on any atom is 0.138 e. The Morgan fingerprint density at radius 2 is 1.30 bits per heavy atom. The van der Waals surface area contributed by atoms with Crippen molar-refractivity contribution in [3.63, 3.8) is 0 Å². The molecule has 144 valence electrons. The molecule has 7 rings (SSSR count). The SMILES string of the molecule is Cc1c2ccccc2c(OCc2ccc(-c3ccc4cc3O4)cc2)c2ccccc12. The maximum absolute atomic E-state index is 6.43. The van der Waals surface area contributed by atoms with Crippen LogP contribution < -0.4 is 9.47 Å². The van der Waals surface area contributed by atoms with Gasteiger partial charge in [-0.05, 0) is 46.5 Å². The van der Waals surface area contributed by atoms with E-state index in [4.69, 9.17) is 9.47 Å². The zero-order valence-electron chi connectivity index (χ0n) is 16.7. The molecular formula is C28H20O2. The monoisotopic (exact) mass is 388 g/mol. The van der Waals surface area contributed by atoms with E-state index in [0.717, 1.165) is 44.7 Å². The van der Waals surface area contributed by atoms with Crippen LogP contribution in [0.5, 0.6) is 17.2 Å².